The molecule has 1 amide bonds. The topological polar surface area (TPSA) is 61.4 Å². The van der Waals surface area contributed by atoms with Crippen LogP contribution >= 0.6 is 0 Å². The third kappa shape index (κ3) is 5.32. The molecule has 0 bridgehead atoms. The Morgan fingerprint density at radius 3 is 2.66 bits per heavy atom. The summed E-state index contributed by atoms with van der Waals surface area (Å²) in [6, 6.07) is 12.9. The van der Waals surface area contributed by atoms with Crippen molar-refractivity contribution in [1.82, 2.24) is 20.2 Å². The molecule has 6 nitrogen and oxygen atoms in total. The third-order valence-corrected chi connectivity index (χ3v) is 6.12. The Morgan fingerprint density at radius 2 is 1.83 bits per heavy atom. The number of carbonyl (C=O) groups excluding carboxylic acids is 1. The number of rotatable bonds is 6. The van der Waals surface area contributed by atoms with E-state index in [2.05, 4.69) is 55.4 Å². The first-order chi connectivity index (χ1) is 14.3. The van der Waals surface area contributed by atoms with E-state index in [0.29, 0.717) is 12.6 Å². The van der Waals surface area contributed by atoms with Gasteiger partial charge in [-0.05, 0) is 43.9 Å². The molecule has 1 N–H and O–H groups in total. The highest BCUT2D eigenvalue weighted by Gasteiger charge is 2.28. The lowest BCUT2D eigenvalue weighted by Gasteiger charge is -2.37. The summed E-state index contributed by atoms with van der Waals surface area (Å²) in [7, 11) is 0. The number of nitrogens with zero attached hydrogens (tertiary/aromatic N) is 4. The molecule has 29 heavy (non-hydrogen) atoms. The average Bonchev–Trinajstić information content (AvgIpc) is 2.80. The van der Waals surface area contributed by atoms with Gasteiger partial charge in [-0.25, -0.2) is 9.97 Å². The number of hydrogen-bond acceptors (Lipinski definition) is 5. The molecule has 2 aliphatic rings. The van der Waals surface area contributed by atoms with Crippen LogP contribution in [0.1, 0.15) is 37.7 Å². The van der Waals surface area contributed by atoms with Crippen LogP contribution < -0.4 is 10.2 Å². The highest BCUT2D eigenvalue weighted by atomic mass is 16.1. The quantitative estimate of drug-likeness (QED) is 0.818. The number of nitrogens with one attached hydrogen (secondary N) is 1. The number of anilines is 1. The molecular formula is C23H31N5O. The van der Waals surface area contributed by atoms with Gasteiger partial charge in [0, 0.05) is 44.6 Å². The number of aromatic nitrogens is 2. The minimum atomic E-state index is 0.0127. The molecule has 0 radical (unpaired) electrons. The van der Waals surface area contributed by atoms with Crippen LogP contribution in [0.2, 0.25) is 0 Å². The van der Waals surface area contributed by atoms with E-state index in [4.69, 9.17) is 0 Å². The van der Waals surface area contributed by atoms with Gasteiger partial charge in [-0.3, -0.25) is 9.69 Å². The summed E-state index contributed by atoms with van der Waals surface area (Å²) in [5.41, 5.74) is 1.34. The SMILES string of the molecule is O=C(NCC1CCCCN1Cc1ccccc1)C1CCCN(c2ncccn2)C1. The van der Waals surface area contributed by atoms with Gasteiger partial charge in [0.25, 0.3) is 0 Å². The van der Waals surface area contributed by atoms with Gasteiger partial charge in [0.05, 0.1) is 5.92 Å². The molecule has 1 aromatic carbocycles. The van der Waals surface area contributed by atoms with E-state index in [1.54, 1.807) is 12.4 Å². The lowest BCUT2D eigenvalue weighted by Crippen LogP contribution is -2.49. The smallest absolute Gasteiger partial charge is 0.225 e. The number of benzene rings is 1. The van der Waals surface area contributed by atoms with Crippen LogP contribution in [-0.2, 0) is 11.3 Å². The Balaban J connectivity index is 1.30. The first-order valence-electron chi connectivity index (χ1n) is 10.9. The van der Waals surface area contributed by atoms with Gasteiger partial charge >= 0.3 is 0 Å². The summed E-state index contributed by atoms with van der Waals surface area (Å²) in [5.74, 6) is 0.918. The zero-order chi connectivity index (χ0) is 19.9. The summed E-state index contributed by atoms with van der Waals surface area (Å²) in [6.45, 7) is 4.43. The number of piperidine rings is 2. The first kappa shape index (κ1) is 19.8. The predicted molar refractivity (Wildman–Crippen MR) is 114 cm³/mol. The van der Waals surface area contributed by atoms with Crippen molar-refractivity contribution in [2.45, 2.75) is 44.7 Å². The lowest BCUT2D eigenvalue weighted by molar-refractivity contribution is -0.125. The largest absolute Gasteiger partial charge is 0.354 e. The van der Waals surface area contributed by atoms with Crippen LogP contribution in [0.3, 0.4) is 0 Å². The highest BCUT2D eigenvalue weighted by Crippen LogP contribution is 2.22. The standard InChI is InChI=1S/C23H31N5O/c29-22(20-10-6-15-28(18-20)23-24-12-7-13-25-23)26-16-21-11-4-5-14-27(21)17-19-8-2-1-3-9-19/h1-3,7-9,12-13,20-21H,4-6,10-11,14-18H2,(H,26,29). The Bertz CT molecular complexity index is 769. The van der Waals surface area contributed by atoms with Crippen LogP contribution in [0.15, 0.2) is 48.8 Å². The van der Waals surface area contributed by atoms with Crippen LogP contribution in [0.4, 0.5) is 5.95 Å². The molecule has 6 heteroatoms. The minimum Gasteiger partial charge on any atom is -0.354 e. The molecule has 2 saturated heterocycles. The molecule has 2 aliphatic heterocycles. The fraction of sp³-hybridized carbons (Fsp3) is 0.522. The normalized spacial score (nSPS) is 23.0. The molecule has 2 fully saturated rings. The van der Waals surface area contributed by atoms with Crippen molar-refractivity contribution in [3.8, 4) is 0 Å². The molecular weight excluding hydrogens is 362 g/mol. The van der Waals surface area contributed by atoms with Crippen molar-refractivity contribution in [3.63, 3.8) is 0 Å². The zero-order valence-electron chi connectivity index (χ0n) is 17.0. The molecule has 1 aromatic heterocycles. The Labute approximate surface area is 173 Å². The summed E-state index contributed by atoms with van der Waals surface area (Å²) >= 11 is 0. The van der Waals surface area contributed by atoms with Gasteiger partial charge in [0.1, 0.15) is 0 Å². The molecule has 2 unspecified atom stereocenters. The molecule has 2 atom stereocenters. The Morgan fingerprint density at radius 1 is 1.00 bits per heavy atom. The second kappa shape index (κ2) is 9.83. The molecule has 0 spiro atoms. The minimum absolute atomic E-state index is 0.0127. The molecule has 4 rings (SSSR count). The van der Waals surface area contributed by atoms with Gasteiger partial charge in [-0.1, -0.05) is 36.8 Å². The maximum absolute atomic E-state index is 12.9. The van der Waals surface area contributed by atoms with Gasteiger partial charge < -0.3 is 10.2 Å². The second-order valence-electron chi connectivity index (χ2n) is 8.18. The van der Waals surface area contributed by atoms with E-state index in [0.717, 1.165) is 51.4 Å². The maximum Gasteiger partial charge on any atom is 0.225 e. The van der Waals surface area contributed by atoms with Crippen molar-refractivity contribution in [1.29, 1.82) is 0 Å². The molecule has 154 valence electrons. The monoisotopic (exact) mass is 393 g/mol. The van der Waals surface area contributed by atoms with E-state index in [9.17, 15) is 4.79 Å². The average molecular weight is 394 g/mol. The molecule has 3 heterocycles. The summed E-state index contributed by atoms with van der Waals surface area (Å²) in [5, 5.41) is 3.26. The molecule has 0 aliphatic carbocycles. The van der Waals surface area contributed by atoms with Gasteiger partial charge in [-0.15, -0.1) is 0 Å². The van der Waals surface area contributed by atoms with Crippen molar-refractivity contribution in [2.75, 3.05) is 31.1 Å². The molecule has 0 saturated carbocycles. The van der Waals surface area contributed by atoms with Crippen LogP contribution in [-0.4, -0.2) is 53.0 Å². The predicted octanol–water partition coefficient (Wildman–Crippen LogP) is 2.86. The number of likely N-dealkylation sites (tertiary alicyclic amines) is 1. The fourth-order valence-corrected chi connectivity index (χ4v) is 4.51. The second-order valence-corrected chi connectivity index (χ2v) is 8.18. The highest BCUT2D eigenvalue weighted by molar-refractivity contribution is 5.79. The lowest BCUT2D eigenvalue weighted by atomic mass is 9.96. The van der Waals surface area contributed by atoms with Crippen molar-refractivity contribution >= 4 is 11.9 Å². The van der Waals surface area contributed by atoms with Crippen LogP contribution in [0, 0.1) is 5.92 Å². The van der Waals surface area contributed by atoms with Crippen LogP contribution in [0.5, 0.6) is 0 Å². The van der Waals surface area contributed by atoms with E-state index in [-0.39, 0.29) is 11.8 Å². The van der Waals surface area contributed by atoms with E-state index in [1.165, 1.54) is 18.4 Å². The number of amides is 1. The van der Waals surface area contributed by atoms with Gasteiger partial charge in [-0.2, -0.15) is 0 Å². The zero-order valence-corrected chi connectivity index (χ0v) is 17.0. The Hall–Kier alpha value is -2.47. The van der Waals surface area contributed by atoms with Gasteiger partial charge in [0.15, 0.2) is 0 Å². The van der Waals surface area contributed by atoms with Gasteiger partial charge in [0.2, 0.25) is 11.9 Å². The fourth-order valence-electron chi connectivity index (χ4n) is 4.51. The summed E-state index contributed by atoms with van der Waals surface area (Å²) < 4.78 is 0. The van der Waals surface area contributed by atoms with Crippen molar-refractivity contribution in [2.24, 2.45) is 5.92 Å². The van der Waals surface area contributed by atoms with Crippen molar-refractivity contribution < 1.29 is 4.79 Å². The maximum atomic E-state index is 12.9. The molecule has 2 aromatic rings. The Kier molecular flexibility index (Phi) is 6.72. The van der Waals surface area contributed by atoms with E-state index in [1.807, 2.05) is 6.07 Å². The third-order valence-electron chi connectivity index (χ3n) is 6.12. The van der Waals surface area contributed by atoms with E-state index < -0.39 is 0 Å². The van der Waals surface area contributed by atoms with Crippen LogP contribution in [0.25, 0.3) is 0 Å². The first-order valence-corrected chi connectivity index (χ1v) is 10.9. The number of carbonyl (C=O) groups is 1. The number of hydrogen-bond donors (Lipinski definition) is 1. The van der Waals surface area contributed by atoms with Crippen molar-refractivity contribution in [3.05, 3.63) is 54.4 Å². The summed E-state index contributed by atoms with van der Waals surface area (Å²) in [6.07, 6.45) is 9.10. The van der Waals surface area contributed by atoms with E-state index >= 15 is 0 Å². The summed E-state index contributed by atoms with van der Waals surface area (Å²) in [4.78, 5) is 26.2.